The number of nitrogens with zero attached hydrogens (tertiary/aromatic N) is 3. The zero-order chi connectivity index (χ0) is 13.0. The number of aryl methyl sites for hydroxylation is 1. The molecule has 0 bridgehead atoms. The van der Waals surface area contributed by atoms with Gasteiger partial charge >= 0.3 is 0 Å². The van der Waals surface area contributed by atoms with Gasteiger partial charge in [-0.3, -0.25) is 4.98 Å². The van der Waals surface area contributed by atoms with Crippen LogP contribution >= 0.6 is 23.4 Å². The Labute approximate surface area is 116 Å². The van der Waals surface area contributed by atoms with Crippen LogP contribution in [-0.4, -0.2) is 15.0 Å². The summed E-state index contributed by atoms with van der Waals surface area (Å²) < 4.78 is 0. The summed E-state index contributed by atoms with van der Waals surface area (Å²) >= 11 is 7.74. The third-order valence-electron chi connectivity index (χ3n) is 2.43. The molecule has 18 heavy (non-hydrogen) atoms. The molecule has 0 saturated carbocycles. The van der Waals surface area contributed by atoms with Gasteiger partial charge in [-0.25, -0.2) is 9.97 Å². The highest BCUT2D eigenvalue weighted by atomic mass is 35.5. The molecule has 2 aromatic rings. The van der Waals surface area contributed by atoms with Crippen LogP contribution in [-0.2, 0) is 6.42 Å². The van der Waals surface area contributed by atoms with Gasteiger partial charge in [-0.2, -0.15) is 0 Å². The Morgan fingerprint density at radius 1 is 1.22 bits per heavy atom. The summed E-state index contributed by atoms with van der Waals surface area (Å²) in [7, 11) is 0. The van der Waals surface area contributed by atoms with Crippen molar-refractivity contribution in [1.82, 2.24) is 15.0 Å². The summed E-state index contributed by atoms with van der Waals surface area (Å²) in [5, 5.41) is 1.47. The van der Waals surface area contributed by atoms with Gasteiger partial charge in [-0.15, -0.1) is 0 Å². The van der Waals surface area contributed by atoms with Gasteiger partial charge in [-0.1, -0.05) is 30.3 Å². The highest BCUT2D eigenvalue weighted by Gasteiger charge is 2.10. The summed E-state index contributed by atoms with van der Waals surface area (Å²) in [5.41, 5.74) is 0.929. The van der Waals surface area contributed by atoms with Crippen molar-refractivity contribution < 1.29 is 0 Å². The van der Waals surface area contributed by atoms with E-state index >= 15 is 0 Å². The van der Waals surface area contributed by atoms with Gasteiger partial charge in [0, 0.05) is 29.3 Å². The monoisotopic (exact) mass is 279 g/mol. The fraction of sp³-hybridized carbons (Fsp3) is 0.308. The molecular formula is C13H14ClN3S. The second kappa shape index (κ2) is 6.16. The minimum absolute atomic E-state index is 0.546. The molecule has 0 unspecified atom stereocenters. The van der Waals surface area contributed by atoms with Gasteiger partial charge in [0.2, 0.25) is 0 Å². The quantitative estimate of drug-likeness (QED) is 0.795. The van der Waals surface area contributed by atoms with Crippen LogP contribution in [0.1, 0.15) is 24.7 Å². The van der Waals surface area contributed by atoms with E-state index in [4.69, 9.17) is 11.6 Å². The second-order valence-corrected chi connectivity index (χ2v) is 5.32. The predicted octanol–water partition coefficient (Wildman–Crippen LogP) is 3.94. The molecule has 3 nitrogen and oxygen atoms in total. The number of hydrogen-bond donors (Lipinski definition) is 0. The first-order chi connectivity index (χ1) is 8.70. The number of pyridine rings is 1. The van der Waals surface area contributed by atoms with Crippen molar-refractivity contribution >= 4 is 23.4 Å². The molecule has 2 rings (SSSR count). The van der Waals surface area contributed by atoms with Gasteiger partial charge in [0.1, 0.15) is 16.0 Å². The van der Waals surface area contributed by atoms with Crippen molar-refractivity contribution in [2.75, 3.05) is 0 Å². The van der Waals surface area contributed by atoms with Crippen molar-refractivity contribution in [3.63, 3.8) is 0 Å². The van der Waals surface area contributed by atoms with E-state index in [0.717, 1.165) is 34.2 Å². The lowest BCUT2D eigenvalue weighted by Crippen LogP contribution is -1.99. The normalized spacial score (nSPS) is 10.6. The maximum atomic E-state index is 6.14. The molecule has 0 amide bonds. The fourth-order valence-electron chi connectivity index (χ4n) is 1.46. The van der Waals surface area contributed by atoms with E-state index in [2.05, 4.69) is 21.9 Å². The third kappa shape index (κ3) is 3.21. The summed E-state index contributed by atoms with van der Waals surface area (Å²) in [6.07, 6.45) is 5.41. The highest BCUT2D eigenvalue weighted by molar-refractivity contribution is 7.99. The summed E-state index contributed by atoms with van der Waals surface area (Å²) in [6.45, 7) is 4.05. The van der Waals surface area contributed by atoms with E-state index in [1.807, 2.05) is 19.1 Å². The fourth-order valence-corrected chi connectivity index (χ4v) is 2.59. The Balaban J connectivity index is 2.31. The number of aromatic nitrogens is 3. The van der Waals surface area contributed by atoms with Crippen LogP contribution in [0.2, 0.25) is 5.15 Å². The maximum absolute atomic E-state index is 6.14. The van der Waals surface area contributed by atoms with Gasteiger partial charge < -0.3 is 0 Å². The first kappa shape index (κ1) is 13.3. The Hall–Kier alpha value is -1.13. The number of halogens is 1. The highest BCUT2D eigenvalue weighted by Crippen LogP contribution is 2.30. The molecule has 0 saturated heterocycles. The van der Waals surface area contributed by atoms with Gasteiger partial charge in [0.15, 0.2) is 0 Å². The molecule has 0 aliphatic heterocycles. The van der Waals surface area contributed by atoms with Gasteiger partial charge in [0.25, 0.3) is 0 Å². The first-order valence-corrected chi connectivity index (χ1v) is 7.01. The number of hydrogen-bond acceptors (Lipinski definition) is 4. The minimum atomic E-state index is 0.546. The van der Waals surface area contributed by atoms with Crippen molar-refractivity contribution in [2.24, 2.45) is 0 Å². The molecule has 2 aromatic heterocycles. The zero-order valence-electron chi connectivity index (χ0n) is 10.4. The largest absolute Gasteiger partial charge is 0.265 e. The Morgan fingerprint density at radius 3 is 2.61 bits per heavy atom. The van der Waals surface area contributed by atoms with E-state index < -0.39 is 0 Å². The van der Waals surface area contributed by atoms with Crippen molar-refractivity contribution in [3.8, 4) is 0 Å². The standard InChI is InChI=1S/C13H14ClN3S/c1-3-4-11-16-12(14)9(2)13(17-11)18-10-5-7-15-8-6-10/h5-8H,3-4H2,1-2H3. The lowest BCUT2D eigenvalue weighted by atomic mass is 10.3. The van der Waals surface area contributed by atoms with Crippen LogP contribution in [0, 0.1) is 6.92 Å². The maximum Gasteiger partial charge on any atom is 0.136 e. The minimum Gasteiger partial charge on any atom is -0.265 e. The van der Waals surface area contributed by atoms with Crippen LogP contribution in [0.15, 0.2) is 34.4 Å². The Kier molecular flexibility index (Phi) is 4.55. The smallest absolute Gasteiger partial charge is 0.136 e. The summed E-state index contributed by atoms with van der Waals surface area (Å²) in [5.74, 6) is 0.810. The van der Waals surface area contributed by atoms with Crippen LogP contribution in [0.5, 0.6) is 0 Å². The van der Waals surface area contributed by atoms with Crippen LogP contribution in [0.4, 0.5) is 0 Å². The summed E-state index contributed by atoms with van der Waals surface area (Å²) in [4.78, 5) is 14.0. The topological polar surface area (TPSA) is 38.7 Å². The Morgan fingerprint density at radius 2 is 1.94 bits per heavy atom. The zero-order valence-corrected chi connectivity index (χ0v) is 11.9. The second-order valence-electron chi connectivity index (χ2n) is 3.90. The van der Waals surface area contributed by atoms with Crippen LogP contribution < -0.4 is 0 Å². The third-order valence-corrected chi connectivity index (χ3v) is 3.89. The molecule has 94 valence electrons. The lowest BCUT2D eigenvalue weighted by Gasteiger charge is -2.08. The average molecular weight is 280 g/mol. The van der Waals surface area contributed by atoms with Gasteiger partial charge in [-0.05, 0) is 25.5 Å². The molecule has 0 N–H and O–H groups in total. The van der Waals surface area contributed by atoms with Crippen LogP contribution in [0.3, 0.4) is 0 Å². The molecule has 0 atom stereocenters. The molecule has 0 aromatic carbocycles. The molecule has 0 aliphatic carbocycles. The molecule has 0 radical (unpaired) electrons. The molecule has 0 aliphatic rings. The number of rotatable bonds is 4. The van der Waals surface area contributed by atoms with E-state index in [9.17, 15) is 0 Å². The average Bonchev–Trinajstić information content (AvgIpc) is 2.37. The predicted molar refractivity (Wildman–Crippen MR) is 74.1 cm³/mol. The van der Waals surface area contributed by atoms with Crippen molar-refractivity contribution in [1.29, 1.82) is 0 Å². The van der Waals surface area contributed by atoms with E-state index in [1.54, 1.807) is 24.2 Å². The van der Waals surface area contributed by atoms with E-state index in [1.165, 1.54) is 0 Å². The van der Waals surface area contributed by atoms with Gasteiger partial charge in [0.05, 0.1) is 0 Å². The van der Waals surface area contributed by atoms with Crippen molar-refractivity contribution in [3.05, 3.63) is 41.1 Å². The molecular weight excluding hydrogens is 266 g/mol. The van der Waals surface area contributed by atoms with E-state index in [0.29, 0.717) is 5.15 Å². The summed E-state index contributed by atoms with van der Waals surface area (Å²) in [6, 6.07) is 3.92. The van der Waals surface area contributed by atoms with Crippen molar-refractivity contribution in [2.45, 2.75) is 36.6 Å². The van der Waals surface area contributed by atoms with Crippen LogP contribution in [0.25, 0.3) is 0 Å². The van der Waals surface area contributed by atoms with E-state index in [-0.39, 0.29) is 0 Å². The SMILES string of the molecule is CCCc1nc(Cl)c(C)c(Sc2ccncc2)n1. The molecule has 0 fully saturated rings. The first-order valence-electron chi connectivity index (χ1n) is 5.81. The molecule has 2 heterocycles. The molecule has 0 spiro atoms. The Bertz CT molecular complexity index is 531. The lowest BCUT2D eigenvalue weighted by molar-refractivity contribution is 0.801. The molecule has 5 heteroatoms.